The van der Waals surface area contributed by atoms with Crippen LogP contribution in [0.1, 0.15) is 11.8 Å². The molecule has 1 aliphatic heterocycles. The predicted molar refractivity (Wildman–Crippen MR) is 84.5 cm³/mol. The maximum absolute atomic E-state index is 10.9. The third kappa shape index (κ3) is 2.62. The van der Waals surface area contributed by atoms with Crippen LogP contribution in [0.4, 0.5) is 5.13 Å². The summed E-state index contributed by atoms with van der Waals surface area (Å²) in [7, 11) is 1.78. The van der Waals surface area contributed by atoms with Crippen molar-refractivity contribution in [2.75, 3.05) is 19.2 Å². The standard InChI is InChI=1S/C15H14N2O4S/c1-8(5-12(18)19)14-13(17-15(16-2)22-14)9-3-4-10-11(6-9)21-7-20-10/h3-6H,7H2,1-2H3,(H,16,17)(H,18,19)/b8-5+. The Bertz CT molecular complexity index is 767. The van der Waals surface area contributed by atoms with Gasteiger partial charge in [0.05, 0.1) is 10.6 Å². The van der Waals surface area contributed by atoms with Gasteiger partial charge >= 0.3 is 5.97 Å². The highest BCUT2D eigenvalue weighted by Gasteiger charge is 2.19. The van der Waals surface area contributed by atoms with Crippen molar-refractivity contribution in [1.82, 2.24) is 4.98 Å². The number of hydrogen-bond donors (Lipinski definition) is 2. The van der Waals surface area contributed by atoms with E-state index in [0.29, 0.717) is 17.1 Å². The first-order valence-corrected chi connectivity index (χ1v) is 7.40. The fourth-order valence-corrected chi connectivity index (χ4v) is 3.10. The second-order valence-electron chi connectivity index (χ2n) is 4.68. The van der Waals surface area contributed by atoms with Crippen molar-refractivity contribution in [2.24, 2.45) is 0 Å². The van der Waals surface area contributed by atoms with Gasteiger partial charge in [-0.3, -0.25) is 0 Å². The van der Waals surface area contributed by atoms with Crippen LogP contribution < -0.4 is 14.8 Å². The highest BCUT2D eigenvalue weighted by Crippen LogP contribution is 2.40. The summed E-state index contributed by atoms with van der Waals surface area (Å²) in [5, 5.41) is 12.7. The minimum absolute atomic E-state index is 0.211. The minimum atomic E-state index is -0.978. The van der Waals surface area contributed by atoms with E-state index in [1.807, 2.05) is 18.2 Å². The Labute approximate surface area is 131 Å². The van der Waals surface area contributed by atoms with E-state index in [2.05, 4.69) is 10.3 Å². The zero-order chi connectivity index (χ0) is 15.7. The minimum Gasteiger partial charge on any atom is -0.478 e. The van der Waals surface area contributed by atoms with Gasteiger partial charge in [-0.05, 0) is 30.7 Å². The summed E-state index contributed by atoms with van der Waals surface area (Å²) in [5.74, 6) is 0.392. The highest BCUT2D eigenvalue weighted by molar-refractivity contribution is 7.17. The van der Waals surface area contributed by atoms with Gasteiger partial charge in [0, 0.05) is 18.7 Å². The molecule has 2 heterocycles. The number of hydrogen-bond acceptors (Lipinski definition) is 6. The molecule has 0 fully saturated rings. The van der Waals surface area contributed by atoms with Gasteiger partial charge in [0.2, 0.25) is 6.79 Å². The van der Waals surface area contributed by atoms with Crippen LogP contribution in [-0.4, -0.2) is 29.9 Å². The molecule has 1 aromatic heterocycles. The summed E-state index contributed by atoms with van der Waals surface area (Å²) in [4.78, 5) is 16.3. The van der Waals surface area contributed by atoms with Crippen molar-refractivity contribution in [3.05, 3.63) is 29.2 Å². The summed E-state index contributed by atoms with van der Waals surface area (Å²) in [6.45, 7) is 1.97. The molecule has 2 aromatic rings. The molecule has 3 rings (SSSR count). The third-order valence-corrected chi connectivity index (χ3v) is 4.39. The molecular formula is C15H14N2O4S. The maximum Gasteiger partial charge on any atom is 0.328 e. The Kier molecular flexibility index (Phi) is 3.72. The first kappa shape index (κ1) is 14.4. The number of aliphatic carboxylic acids is 1. The Morgan fingerprint density at radius 2 is 2.18 bits per heavy atom. The Morgan fingerprint density at radius 1 is 1.41 bits per heavy atom. The van der Waals surface area contributed by atoms with Crippen molar-refractivity contribution in [3.8, 4) is 22.8 Å². The number of nitrogens with one attached hydrogen (secondary N) is 1. The molecule has 0 unspecified atom stereocenters. The van der Waals surface area contributed by atoms with Gasteiger partial charge < -0.3 is 19.9 Å². The molecular weight excluding hydrogens is 304 g/mol. The lowest BCUT2D eigenvalue weighted by Gasteiger charge is -2.04. The molecule has 0 radical (unpaired) electrons. The summed E-state index contributed by atoms with van der Waals surface area (Å²) in [6.07, 6.45) is 1.18. The average Bonchev–Trinajstić information content (AvgIpc) is 3.12. The van der Waals surface area contributed by atoms with E-state index in [9.17, 15) is 4.79 Å². The van der Waals surface area contributed by atoms with Crippen molar-refractivity contribution in [2.45, 2.75) is 6.92 Å². The molecule has 7 heteroatoms. The van der Waals surface area contributed by atoms with Crippen molar-refractivity contribution in [1.29, 1.82) is 0 Å². The van der Waals surface area contributed by atoms with Gasteiger partial charge in [-0.2, -0.15) is 0 Å². The number of benzene rings is 1. The normalized spacial score (nSPS) is 13.3. The Balaban J connectivity index is 2.10. The lowest BCUT2D eigenvalue weighted by Crippen LogP contribution is -1.93. The Hall–Kier alpha value is -2.54. The molecule has 0 aliphatic carbocycles. The topological polar surface area (TPSA) is 80.7 Å². The molecule has 22 heavy (non-hydrogen) atoms. The van der Waals surface area contributed by atoms with Crippen LogP contribution in [0.3, 0.4) is 0 Å². The number of rotatable bonds is 4. The van der Waals surface area contributed by atoms with E-state index >= 15 is 0 Å². The summed E-state index contributed by atoms with van der Waals surface area (Å²) >= 11 is 1.41. The predicted octanol–water partition coefficient (Wildman–Crippen LogP) is 3.07. The molecule has 0 spiro atoms. The first-order chi connectivity index (χ1) is 10.6. The summed E-state index contributed by atoms with van der Waals surface area (Å²) in [6, 6.07) is 5.57. The molecule has 0 amide bonds. The van der Waals surface area contributed by atoms with E-state index in [1.54, 1.807) is 14.0 Å². The van der Waals surface area contributed by atoms with E-state index in [0.717, 1.165) is 21.3 Å². The summed E-state index contributed by atoms with van der Waals surface area (Å²) < 4.78 is 10.7. The van der Waals surface area contributed by atoms with Crippen molar-refractivity contribution in [3.63, 3.8) is 0 Å². The number of carboxylic acid groups (broad SMARTS) is 1. The van der Waals surface area contributed by atoms with Crippen LogP contribution in [0, 0.1) is 0 Å². The quantitative estimate of drug-likeness (QED) is 0.843. The monoisotopic (exact) mass is 318 g/mol. The number of thiazole rings is 1. The van der Waals surface area contributed by atoms with E-state index in [1.165, 1.54) is 17.4 Å². The smallest absolute Gasteiger partial charge is 0.328 e. The van der Waals surface area contributed by atoms with Gasteiger partial charge in [0.1, 0.15) is 0 Å². The van der Waals surface area contributed by atoms with Crippen LogP contribution in [0.25, 0.3) is 16.8 Å². The number of anilines is 1. The molecule has 1 aliphatic rings. The van der Waals surface area contributed by atoms with Crippen LogP contribution >= 0.6 is 11.3 Å². The van der Waals surface area contributed by atoms with Gasteiger partial charge in [0.15, 0.2) is 16.6 Å². The Morgan fingerprint density at radius 3 is 2.91 bits per heavy atom. The largest absolute Gasteiger partial charge is 0.478 e. The molecule has 2 N–H and O–H groups in total. The van der Waals surface area contributed by atoms with E-state index in [4.69, 9.17) is 14.6 Å². The van der Waals surface area contributed by atoms with E-state index in [-0.39, 0.29) is 6.79 Å². The number of ether oxygens (including phenoxy) is 2. The zero-order valence-corrected chi connectivity index (χ0v) is 12.9. The van der Waals surface area contributed by atoms with Crippen LogP contribution in [0.2, 0.25) is 0 Å². The van der Waals surface area contributed by atoms with E-state index < -0.39 is 5.97 Å². The molecule has 6 nitrogen and oxygen atoms in total. The number of carbonyl (C=O) groups is 1. The average molecular weight is 318 g/mol. The molecule has 0 atom stereocenters. The van der Waals surface area contributed by atoms with Gasteiger partial charge in [-0.1, -0.05) is 11.3 Å². The van der Waals surface area contributed by atoms with Gasteiger partial charge in [-0.25, -0.2) is 9.78 Å². The second-order valence-corrected chi connectivity index (χ2v) is 5.68. The highest BCUT2D eigenvalue weighted by atomic mass is 32.1. The fourth-order valence-electron chi connectivity index (χ4n) is 2.18. The van der Waals surface area contributed by atoms with Crippen molar-refractivity contribution >= 4 is 28.0 Å². The maximum atomic E-state index is 10.9. The molecule has 1 aromatic carbocycles. The zero-order valence-electron chi connectivity index (χ0n) is 12.0. The van der Waals surface area contributed by atoms with Gasteiger partial charge in [0.25, 0.3) is 0 Å². The van der Waals surface area contributed by atoms with Crippen LogP contribution in [-0.2, 0) is 4.79 Å². The van der Waals surface area contributed by atoms with Gasteiger partial charge in [-0.15, -0.1) is 0 Å². The lowest BCUT2D eigenvalue weighted by molar-refractivity contribution is -0.131. The summed E-state index contributed by atoms with van der Waals surface area (Å²) in [5.41, 5.74) is 2.23. The van der Waals surface area contributed by atoms with Crippen LogP contribution in [0.5, 0.6) is 11.5 Å². The molecule has 0 saturated heterocycles. The van der Waals surface area contributed by atoms with Crippen molar-refractivity contribution < 1.29 is 19.4 Å². The number of aromatic nitrogens is 1. The number of allylic oxidation sites excluding steroid dienone is 1. The number of nitrogens with zero attached hydrogens (tertiary/aromatic N) is 1. The fraction of sp³-hybridized carbons (Fsp3) is 0.200. The SMILES string of the molecule is CNc1nc(-c2ccc3c(c2)OCO3)c(/C(C)=C/C(=O)O)s1. The second kappa shape index (κ2) is 5.69. The lowest BCUT2D eigenvalue weighted by atomic mass is 10.1. The first-order valence-electron chi connectivity index (χ1n) is 6.58. The molecule has 114 valence electrons. The molecule has 0 saturated carbocycles. The third-order valence-electron chi connectivity index (χ3n) is 3.19. The molecule has 0 bridgehead atoms. The number of carboxylic acids is 1. The van der Waals surface area contributed by atoms with Crippen LogP contribution in [0.15, 0.2) is 24.3 Å². The number of fused-ring (bicyclic) bond motifs is 1.